The quantitative estimate of drug-likeness (QED) is 0.529. The first-order chi connectivity index (χ1) is 14.8. The SMILES string of the molecule is Cc1ccccc1C/N=C1\C2CCN(CC2)C1C(c1ccccc1)c1ccccc1. The van der Waals surface area contributed by atoms with E-state index in [0.29, 0.717) is 17.9 Å². The van der Waals surface area contributed by atoms with Crippen molar-refractivity contribution in [1.29, 1.82) is 0 Å². The monoisotopic (exact) mass is 394 g/mol. The van der Waals surface area contributed by atoms with Crippen molar-refractivity contribution >= 4 is 5.71 Å². The summed E-state index contributed by atoms with van der Waals surface area (Å²) < 4.78 is 0. The van der Waals surface area contributed by atoms with Crippen LogP contribution in [0, 0.1) is 12.8 Å². The topological polar surface area (TPSA) is 15.6 Å². The standard InChI is InChI=1S/C28H30N2/c1-21-10-8-9-15-25(21)20-29-27-24-16-18-30(19-17-24)28(27)26(22-11-4-2-5-12-22)23-13-6-3-7-14-23/h2-15,24,26,28H,16-20H2,1H3/b29-27+. The van der Waals surface area contributed by atoms with Gasteiger partial charge in [-0.05, 0) is 55.1 Å². The Labute approximate surface area is 180 Å². The number of aryl methyl sites for hydroxylation is 1. The van der Waals surface area contributed by atoms with Crippen molar-refractivity contribution in [3.8, 4) is 0 Å². The number of rotatable bonds is 5. The summed E-state index contributed by atoms with van der Waals surface area (Å²) in [6, 6.07) is 31.1. The summed E-state index contributed by atoms with van der Waals surface area (Å²) in [5.41, 5.74) is 6.89. The molecule has 3 aliphatic heterocycles. The fourth-order valence-corrected chi connectivity index (χ4v) is 5.35. The van der Waals surface area contributed by atoms with Crippen LogP contribution in [0.25, 0.3) is 0 Å². The molecule has 1 unspecified atom stereocenters. The molecular weight excluding hydrogens is 364 g/mol. The summed E-state index contributed by atoms with van der Waals surface area (Å²) in [6.45, 7) is 5.36. The molecule has 2 nitrogen and oxygen atoms in total. The maximum absolute atomic E-state index is 5.33. The van der Waals surface area contributed by atoms with Crippen LogP contribution in [0.5, 0.6) is 0 Å². The molecule has 3 aromatic rings. The van der Waals surface area contributed by atoms with E-state index in [1.165, 1.54) is 53.9 Å². The zero-order chi connectivity index (χ0) is 20.3. The first-order valence-electron chi connectivity index (χ1n) is 11.2. The number of aliphatic imine (C=N–C) groups is 1. The third-order valence-electron chi connectivity index (χ3n) is 6.97. The van der Waals surface area contributed by atoms with Gasteiger partial charge in [0, 0.05) is 17.5 Å². The molecule has 0 N–H and O–H groups in total. The molecule has 1 atom stereocenters. The predicted molar refractivity (Wildman–Crippen MR) is 125 cm³/mol. The van der Waals surface area contributed by atoms with Gasteiger partial charge in [0.05, 0.1) is 12.6 Å². The summed E-state index contributed by atoms with van der Waals surface area (Å²) in [7, 11) is 0. The first kappa shape index (κ1) is 19.3. The Hall–Kier alpha value is -2.71. The van der Waals surface area contributed by atoms with E-state index in [1.54, 1.807) is 0 Å². The molecule has 0 aromatic heterocycles. The lowest BCUT2D eigenvalue weighted by Crippen LogP contribution is -2.58. The third kappa shape index (κ3) is 3.73. The van der Waals surface area contributed by atoms with Crippen LogP contribution in [0.1, 0.15) is 41.0 Å². The van der Waals surface area contributed by atoms with E-state index < -0.39 is 0 Å². The molecule has 152 valence electrons. The zero-order valence-corrected chi connectivity index (χ0v) is 17.7. The summed E-state index contributed by atoms with van der Waals surface area (Å²) in [4.78, 5) is 8.02. The van der Waals surface area contributed by atoms with Gasteiger partial charge in [-0.1, -0.05) is 84.9 Å². The smallest absolute Gasteiger partial charge is 0.0642 e. The Morgan fingerprint density at radius 3 is 1.97 bits per heavy atom. The van der Waals surface area contributed by atoms with Gasteiger partial charge in [-0.2, -0.15) is 0 Å². The average molecular weight is 395 g/mol. The molecular formula is C28H30N2. The normalized spacial score (nSPS) is 24.5. The minimum Gasteiger partial charge on any atom is -0.294 e. The molecule has 3 heterocycles. The minimum absolute atomic E-state index is 0.325. The van der Waals surface area contributed by atoms with Crippen LogP contribution >= 0.6 is 0 Å². The molecule has 0 aliphatic carbocycles. The van der Waals surface area contributed by atoms with E-state index in [0.717, 1.165) is 6.54 Å². The van der Waals surface area contributed by atoms with Crippen molar-refractivity contribution in [3.05, 3.63) is 107 Å². The fraction of sp³-hybridized carbons (Fsp3) is 0.321. The van der Waals surface area contributed by atoms with Gasteiger partial charge in [-0.15, -0.1) is 0 Å². The minimum atomic E-state index is 0.325. The summed E-state index contributed by atoms with van der Waals surface area (Å²) in [5, 5.41) is 0. The predicted octanol–water partition coefficient (Wildman–Crippen LogP) is 5.86. The highest BCUT2D eigenvalue weighted by molar-refractivity contribution is 5.94. The maximum atomic E-state index is 5.33. The lowest BCUT2D eigenvalue weighted by Gasteiger charge is -2.49. The van der Waals surface area contributed by atoms with Crippen molar-refractivity contribution in [2.45, 2.75) is 38.3 Å². The Morgan fingerprint density at radius 2 is 1.37 bits per heavy atom. The van der Waals surface area contributed by atoms with Crippen LogP contribution < -0.4 is 0 Å². The molecule has 3 saturated heterocycles. The van der Waals surface area contributed by atoms with Crippen LogP contribution in [0.15, 0.2) is 89.9 Å². The van der Waals surface area contributed by atoms with Crippen molar-refractivity contribution in [2.24, 2.45) is 10.9 Å². The number of hydrogen-bond acceptors (Lipinski definition) is 2. The molecule has 0 amide bonds. The van der Waals surface area contributed by atoms with Crippen molar-refractivity contribution < 1.29 is 0 Å². The van der Waals surface area contributed by atoms with E-state index in [2.05, 4.69) is 96.8 Å². The average Bonchev–Trinajstić information content (AvgIpc) is 2.81. The van der Waals surface area contributed by atoms with Gasteiger partial charge in [0.15, 0.2) is 0 Å². The number of fused-ring (bicyclic) bond motifs is 3. The van der Waals surface area contributed by atoms with Crippen LogP contribution in [-0.4, -0.2) is 29.7 Å². The Balaban J connectivity index is 1.57. The molecule has 0 spiro atoms. The Bertz CT molecular complexity index is 962. The second-order valence-corrected chi connectivity index (χ2v) is 8.72. The van der Waals surface area contributed by atoms with Gasteiger partial charge >= 0.3 is 0 Å². The summed E-state index contributed by atoms with van der Waals surface area (Å²) in [6.07, 6.45) is 2.50. The fourth-order valence-electron chi connectivity index (χ4n) is 5.35. The highest BCUT2D eigenvalue weighted by Gasteiger charge is 2.43. The molecule has 2 bridgehead atoms. The van der Waals surface area contributed by atoms with Gasteiger partial charge in [-0.25, -0.2) is 0 Å². The number of benzene rings is 3. The van der Waals surface area contributed by atoms with E-state index in [9.17, 15) is 0 Å². The van der Waals surface area contributed by atoms with E-state index in [1.807, 2.05) is 0 Å². The Kier molecular flexibility index (Phi) is 5.50. The molecule has 3 aliphatic rings. The number of nitrogens with zero attached hydrogens (tertiary/aromatic N) is 2. The third-order valence-corrected chi connectivity index (χ3v) is 6.97. The van der Waals surface area contributed by atoms with Gasteiger partial charge in [0.25, 0.3) is 0 Å². The van der Waals surface area contributed by atoms with E-state index >= 15 is 0 Å². The molecule has 3 aromatic carbocycles. The van der Waals surface area contributed by atoms with Crippen LogP contribution in [0.2, 0.25) is 0 Å². The van der Waals surface area contributed by atoms with Gasteiger partial charge in [0.1, 0.15) is 0 Å². The van der Waals surface area contributed by atoms with Gasteiger partial charge < -0.3 is 0 Å². The lowest BCUT2D eigenvalue weighted by molar-refractivity contribution is 0.135. The first-order valence-corrected chi connectivity index (χ1v) is 11.2. The molecule has 30 heavy (non-hydrogen) atoms. The second kappa shape index (κ2) is 8.57. The van der Waals surface area contributed by atoms with Crippen molar-refractivity contribution in [1.82, 2.24) is 4.90 Å². The highest BCUT2D eigenvalue weighted by Crippen LogP contribution is 2.40. The maximum Gasteiger partial charge on any atom is 0.0642 e. The number of piperidine rings is 3. The van der Waals surface area contributed by atoms with Gasteiger partial charge in [-0.3, -0.25) is 9.89 Å². The lowest BCUT2D eigenvalue weighted by atomic mass is 9.72. The number of hydrogen-bond donors (Lipinski definition) is 0. The van der Waals surface area contributed by atoms with Gasteiger partial charge in [0.2, 0.25) is 0 Å². The zero-order valence-electron chi connectivity index (χ0n) is 17.7. The van der Waals surface area contributed by atoms with Crippen molar-refractivity contribution in [2.75, 3.05) is 13.1 Å². The molecule has 3 fully saturated rings. The second-order valence-electron chi connectivity index (χ2n) is 8.72. The van der Waals surface area contributed by atoms with E-state index in [4.69, 9.17) is 4.99 Å². The summed E-state index contributed by atoms with van der Waals surface area (Å²) >= 11 is 0. The van der Waals surface area contributed by atoms with Crippen LogP contribution in [-0.2, 0) is 6.54 Å². The molecule has 0 saturated carbocycles. The summed E-state index contributed by atoms with van der Waals surface area (Å²) in [5.74, 6) is 0.949. The molecule has 0 radical (unpaired) electrons. The van der Waals surface area contributed by atoms with Crippen LogP contribution in [0.4, 0.5) is 0 Å². The molecule has 6 rings (SSSR count). The Morgan fingerprint density at radius 1 is 0.800 bits per heavy atom. The highest BCUT2D eigenvalue weighted by atomic mass is 15.2. The molecule has 2 heteroatoms. The van der Waals surface area contributed by atoms with Crippen LogP contribution in [0.3, 0.4) is 0 Å². The largest absolute Gasteiger partial charge is 0.294 e. The van der Waals surface area contributed by atoms with E-state index in [-0.39, 0.29) is 0 Å². The van der Waals surface area contributed by atoms with Crippen molar-refractivity contribution in [3.63, 3.8) is 0 Å².